The smallest absolute Gasteiger partial charge is 0.145 e. The summed E-state index contributed by atoms with van der Waals surface area (Å²) in [7, 11) is 2.06. The molecule has 5 heteroatoms. The summed E-state index contributed by atoms with van der Waals surface area (Å²) in [5.74, 6) is 6.82. The fourth-order valence-electron chi connectivity index (χ4n) is 2.08. The zero-order valence-corrected chi connectivity index (χ0v) is 12.2. The number of aryl methyl sites for hydroxylation is 2. The van der Waals surface area contributed by atoms with Gasteiger partial charge >= 0.3 is 0 Å². The van der Waals surface area contributed by atoms with E-state index < -0.39 is 0 Å². The van der Waals surface area contributed by atoms with E-state index in [2.05, 4.69) is 58.5 Å². The van der Waals surface area contributed by atoms with Crippen molar-refractivity contribution in [2.24, 2.45) is 5.84 Å². The van der Waals surface area contributed by atoms with Gasteiger partial charge in [-0.2, -0.15) is 0 Å². The topological polar surface area (TPSA) is 67.1 Å². The highest BCUT2D eigenvalue weighted by molar-refractivity contribution is 5.33. The lowest BCUT2D eigenvalue weighted by Crippen LogP contribution is -2.20. The van der Waals surface area contributed by atoms with E-state index in [0.29, 0.717) is 12.4 Å². The molecule has 0 radical (unpaired) electrons. The van der Waals surface area contributed by atoms with Gasteiger partial charge in [0.05, 0.1) is 6.54 Å². The summed E-state index contributed by atoms with van der Waals surface area (Å²) in [5.41, 5.74) is 6.03. The quantitative estimate of drug-likeness (QED) is 0.643. The highest BCUT2D eigenvalue weighted by Crippen LogP contribution is 2.10. The Balaban J connectivity index is 2.02. The third-order valence-corrected chi connectivity index (χ3v) is 3.03. The zero-order chi connectivity index (χ0) is 14.5. The summed E-state index contributed by atoms with van der Waals surface area (Å²) in [6.45, 7) is 5.58. The van der Waals surface area contributed by atoms with Gasteiger partial charge in [0.25, 0.3) is 0 Å². The summed E-state index contributed by atoms with van der Waals surface area (Å²) in [6, 6.07) is 10.4. The molecule has 0 saturated heterocycles. The van der Waals surface area contributed by atoms with Crippen LogP contribution >= 0.6 is 0 Å². The summed E-state index contributed by atoms with van der Waals surface area (Å²) in [5, 5.41) is 0. The maximum atomic E-state index is 5.40. The SMILES string of the molecule is Cc1ccc(CN(C)Cc2nc(C)cc(NN)n2)cc1. The minimum absolute atomic E-state index is 0.649. The van der Waals surface area contributed by atoms with Gasteiger partial charge in [0.1, 0.15) is 11.6 Å². The first-order valence-corrected chi connectivity index (χ1v) is 6.62. The molecule has 0 atom stereocenters. The largest absolute Gasteiger partial charge is 0.308 e. The van der Waals surface area contributed by atoms with E-state index in [-0.39, 0.29) is 0 Å². The number of benzene rings is 1. The molecule has 5 nitrogen and oxygen atoms in total. The molecule has 2 aromatic rings. The Morgan fingerprint density at radius 1 is 1.10 bits per heavy atom. The van der Waals surface area contributed by atoms with Crippen LogP contribution in [-0.4, -0.2) is 21.9 Å². The van der Waals surface area contributed by atoms with Gasteiger partial charge in [0.15, 0.2) is 0 Å². The molecule has 0 aliphatic rings. The van der Waals surface area contributed by atoms with Crippen molar-refractivity contribution in [3.63, 3.8) is 0 Å². The first-order valence-electron chi connectivity index (χ1n) is 6.62. The lowest BCUT2D eigenvalue weighted by Gasteiger charge is -2.16. The molecule has 20 heavy (non-hydrogen) atoms. The number of rotatable bonds is 5. The van der Waals surface area contributed by atoms with Crippen molar-refractivity contribution in [2.45, 2.75) is 26.9 Å². The first kappa shape index (κ1) is 14.4. The lowest BCUT2D eigenvalue weighted by atomic mass is 10.1. The number of nitrogens with two attached hydrogens (primary N) is 1. The van der Waals surface area contributed by atoms with E-state index in [1.807, 2.05) is 13.0 Å². The molecular formula is C15H21N5. The van der Waals surface area contributed by atoms with Crippen LogP contribution in [0.3, 0.4) is 0 Å². The van der Waals surface area contributed by atoms with Crippen molar-refractivity contribution in [1.29, 1.82) is 0 Å². The van der Waals surface area contributed by atoms with Gasteiger partial charge in [0.2, 0.25) is 0 Å². The first-order chi connectivity index (χ1) is 9.56. The van der Waals surface area contributed by atoms with Crippen LogP contribution in [0.2, 0.25) is 0 Å². The summed E-state index contributed by atoms with van der Waals surface area (Å²) >= 11 is 0. The van der Waals surface area contributed by atoms with E-state index in [0.717, 1.165) is 18.1 Å². The van der Waals surface area contributed by atoms with E-state index in [4.69, 9.17) is 5.84 Å². The number of nitrogens with zero attached hydrogens (tertiary/aromatic N) is 3. The van der Waals surface area contributed by atoms with Crippen LogP contribution in [0.25, 0.3) is 0 Å². The second-order valence-corrected chi connectivity index (χ2v) is 5.11. The maximum absolute atomic E-state index is 5.40. The van der Waals surface area contributed by atoms with Crippen LogP contribution in [0.4, 0.5) is 5.82 Å². The number of nitrogen functional groups attached to an aromatic ring is 1. The second kappa shape index (κ2) is 6.45. The molecule has 1 aromatic heterocycles. The van der Waals surface area contributed by atoms with E-state index in [9.17, 15) is 0 Å². The van der Waals surface area contributed by atoms with E-state index >= 15 is 0 Å². The van der Waals surface area contributed by atoms with Crippen molar-refractivity contribution in [2.75, 3.05) is 12.5 Å². The third kappa shape index (κ3) is 4.01. The van der Waals surface area contributed by atoms with Crippen LogP contribution in [-0.2, 0) is 13.1 Å². The third-order valence-electron chi connectivity index (χ3n) is 3.03. The van der Waals surface area contributed by atoms with Gasteiger partial charge in [-0.15, -0.1) is 0 Å². The predicted molar refractivity (Wildman–Crippen MR) is 80.9 cm³/mol. The molecular weight excluding hydrogens is 250 g/mol. The fraction of sp³-hybridized carbons (Fsp3) is 0.333. The molecule has 0 aliphatic heterocycles. The van der Waals surface area contributed by atoms with Crippen LogP contribution in [0.15, 0.2) is 30.3 Å². The standard InChI is InChI=1S/C15H21N5/c1-11-4-6-13(7-5-11)9-20(3)10-15-17-12(2)8-14(18-15)19-16/h4-8H,9-10,16H2,1-3H3,(H,17,18,19). The molecule has 0 aliphatic carbocycles. The minimum Gasteiger partial charge on any atom is -0.308 e. The Hall–Kier alpha value is -1.98. The van der Waals surface area contributed by atoms with Gasteiger partial charge < -0.3 is 5.43 Å². The molecule has 0 spiro atoms. The number of anilines is 1. The van der Waals surface area contributed by atoms with Crippen LogP contribution in [0, 0.1) is 13.8 Å². The van der Waals surface area contributed by atoms with Crippen molar-refractivity contribution in [1.82, 2.24) is 14.9 Å². The molecule has 1 heterocycles. The molecule has 1 aromatic carbocycles. The second-order valence-electron chi connectivity index (χ2n) is 5.11. The highest BCUT2D eigenvalue weighted by atomic mass is 15.3. The molecule has 0 bridgehead atoms. The van der Waals surface area contributed by atoms with Crippen LogP contribution < -0.4 is 11.3 Å². The monoisotopic (exact) mass is 271 g/mol. The summed E-state index contributed by atoms with van der Waals surface area (Å²) in [6.07, 6.45) is 0. The Labute approximate surface area is 119 Å². The van der Waals surface area contributed by atoms with Gasteiger partial charge in [-0.3, -0.25) is 4.90 Å². The molecule has 0 unspecified atom stereocenters. The number of hydrogen-bond acceptors (Lipinski definition) is 5. The Kier molecular flexibility index (Phi) is 4.65. The Morgan fingerprint density at radius 3 is 2.45 bits per heavy atom. The normalized spacial score (nSPS) is 10.8. The average Bonchev–Trinajstić information content (AvgIpc) is 2.40. The van der Waals surface area contributed by atoms with Crippen molar-refractivity contribution in [3.05, 3.63) is 53.0 Å². The number of hydrazine groups is 1. The van der Waals surface area contributed by atoms with Crippen molar-refractivity contribution < 1.29 is 0 Å². The molecule has 0 saturated carbocycles. The summed E-state index contributed by atoms with van der Waals surface area (Å²) in [4.78, 5) is 11.0. The number of hydrogen-bond donors (Lipinski definition) is 2. The van der Waals surface area contributed by atoms with E-state index in [1.54, 1.807) is 0 Å². The van der Waals surface area contributed by atoms with Crippen molar-refractivity contribution in [3.8, 4) is 0 Å². The van der Waals surface area contributed by atoms with Gasteiger partial charge in [-0.1, -0.05) is 29.8 Å². The number of aromatic nitrogens is 2. The molecule has 0 amide bonds. The highest BCUT2D eigenvalue weighted by Gasteiger charge is 2.06. The lowest BCUT2D eigenvalue weighted by molar-refractivity contribution is 0.310. The molecule has 2 rings (SSSR count). The molecule has 3 N–H and O–H groups in total. The summed E-state index contributed by atoms with van der Waals surface area (Å²) < 4.78 is 0. The Morgan fingerprint density at radius 2 is 1.80 bits per heavy atom. The fourth-order valence-corrected chi connectivity index (χ4v) is 2.08. The maximum Gasteiger partial charge on any atom is 0.145 e. The Bertz CT molecular complexity index is 565. The molecule has 106 valence electrons. The minimum atomic E-state index is 0.649. The molecule has 0 fully saturated rings. The van der Waals surface area contributed by atoms with Crippen LogP contribution in [0.1, 0.15) is 22.6 Å². The van der Waals surface area contributed by atoms with Crippen LogP contribution in [0.5, 0.6) is 0 Å². The van der Waals surface area contributed by atoms with Crippen molar-refractivity contribution >= 4 is 5.82 Å². The predicted octanol–water partition coefficient (Wildman–Crippen LogP) is 2.01. The van der Waals surface area contributed by atoms with Gasteiger partial charge in [-0.05, 0) is 26.5 Å². The van der Waals surface area contributed by atoms with E-state index in [1.165, 1.54) is 11.1 Å². The average molecular weight is 271 g/mol. The zero-order valence-electron chi connectivity index (χ0n) is 12.2. The van der Waals surface area contributed by atoms with Gasteiger partial charge in [0, 0.05) is 18.3 Å². The number of nitrogens with one attached hydrogen (secondary N) is 1. The van der Waals surface area contributed by atoms with Gasteiger partial charge in [-0.25, -0.2) is 15.8 Å².